The summed E-state index contributed by atoms with van der Waals surface area (Å²) in [6, 6.07) is 10.8. The van der Waals surface area contributed by atoms with E-state index in [1.165, 1.54) is 11.3 Å². The van der Waals surface area contributed by atoms with Crippen LogP contribution in [0.4, 0.5) is 5.69 Å². The first-order valence-electron chi connectivity index (χ1n) is 9.68. The average molecular weight is 368 g/mol. The smallest absolute Gasteiger partial charge is 0.272 e. The lowest BCUT2D eigenvalue weighted by Crippen LogP contribution is -2.47. The van der Waals surface area contributed by atoms with Gasteiger partial charge < -0.3 is 14.5 Å². The van der Waals surface area contributed by atoms with Gasteiger partial charge in [-0.15, -0.1) is 0 Å². The van der Waals surface area contributed by atoms with E-state index < -0.39 is 0 Å². The lowest BCUT2D eigenvalue weighted by Gasteiger charge is -2.39. The molecular formula is C21H28N4O2. The molecule has 0 radical (unpaired) electrons. The van der Waals surface area contributed by atoms with E-state index in [0.717, 1.165) is 39.0 Å². The van der Waals surface area contributed by atoms with Gasteiger partial charge in [0.2, 0.25) is 0 Å². The molecule has 0 aliphatic carbocycles. The first-order chi connectivity index (χ1) is 13.0. The van der Waals surface area contributed by atoms with Crippen molar-refractivity contribution in [3.63, 3.8) is 0 Å². The lowest BCUT2D eigenvalue weighted by molar-refractivity contribution is -0.0390. The van der Waals surface area contributed by atoms with Crippen molar-refractivity contribution in [2.24, 2.45) is 7.05 Å². The van der Waals surface area contributed by atoms with Gasteiger partial charge in [0.25, 0.3) is 5.91 Å². The van der Waals surface area contributed by atoms with Crippen LogP contribution in [0.1, 0.15) is 35.3 Å². The van der Waals surface area contributed by atoms with Gasteiger partial charge in [-0.1, -0.05) is 17.7 Å². The lowest BCUT2D eigenvalue weighted by atomic mass is 9.87. The van der Waals surface area contributed by atoms with E-state index in [1.807, 2.05) is 11.9 Å². The van der Waals surface area contributed by atoms with Gasteiger partial charge in [-0.2, -0.15) is 5.10 Å². The monoisotopic (exact) mass is 368 g/mol. The van der Waals surface area contributed by atoms with Crippen LogP contribution in [-0.4, -0.2) is 59.0 Å². The number of likely N-dealkylation sites (tertiary alicyclic amines) is 1. The Morgan fingerprint density at radius 2 is 1.93 bits per heavy atom. The minimum atomic E-state index is -0.0904. The molecule has 0 bridgehead atoms. The minimum Gasteiger partial charge on any atom is -0.373 e. The van der Waals surface area contributed by atoms with Crippen molar-refractivity contribution in [1.29, 1.82) is 0 Å². The molecule has 2 aromatic rings. The number of amides is 1. The molecule has 4 rings (SSSR count). The summed E-state index contributed by atoms with van der Waals surface area (Å²) in [5.74, 6) is 0.0659. The molecule has 2 fully saturated rings. The van der Waals surface area contributed by atoms with E-state index >= 15 is 0 Å². The summed E-state index contributed by atoms with van der Waals surface area (Å²) in [6.45, 7) is 4.34. The van der Waals surface area contributed by atoms with Gasteiger partial charge in [-0.25, -0.2) is 0 Å². The number of aryl methyl sites for hydroxylation is 2. The van der Waals surface area contributed by atoms with Gasteiger partial charge >= 0.3 is 0 Å². The highest BCUT2D eigenvalue weighted by atomic mass is 16.5. The first kappa shape index (κ1) is 18.0. The molecule has 1 spiro atoms. The van der Waals surface area contributed by atoms with E-state index in [-0.39, 0.29) is 11.5 Å². The summed E-state index contributed by atoms with van der Waals surface area (Å²) in [5, 5.41) is 4.11. The van der Waals surface area contributed by atoms with E-state index in [0.29, 0.717) is 11.7 Å². The standard InChI is InChI=1S/C21H28N4O2/c1-16-4-6-17(7-5-16)23(2)18-14-21(27-15-18)9-12-25(13-10-21)20(26)19-8-11-22-24(19)3/h4-8,11,18H,9-10,12-15H2,1-3H3/t18-/m0/s1. The van der Waals surface area contributed by atoms with Crippen molar-refractivity contribution in [1.82, 2.24) is 14.7 Å². The molecule has 0 saturated carbocycles. The van der Waals surface area contributed by atoms with Crippen molar-refractivity contribution >= 4 is 11.6 Å². The van der Waals surface area contributed by atoms with Gasteiger partial charge in [0, 0.05) is 39.1 Å². The predicted octanol–water partition coefficient (Wildman–Crippen LogP) is 2.63. The number of hydrogen-bond acceptors (Lipinski definition) is 4. The second-order valence-corrected chi connectivity index (χ2v) is 7.93. The second-order valence-electron chi connectivity index (χ2n) is 7.93. The number of likely N-dealkylation sites (N-methyl/N-ethyl adjacent to an activating group) is 1. The Hall–Kier alpha value is -2.34. The topological polar surface area (TPSA) is 50.6 Å². The summed E-state index contributed by atoms with van der Waals surface area (Å²) in [7, 11) is 3.96. The largest absolute Gasteiger partial charge is 0.373 e. The molecule has 1 aromatic carbocycles. The third kappa shape index (κ3) is 3.46. The number of hydrogen-bond donors (Lipinski definition) is 0. The molecule has 1 amide bonds. The fourth-order valence-corrected chi connectivity index (χ4v) is 4.27. The van der Waals surface area contributed by atoms with Crippen LogP contribution in [0.2, 0.25) is 0 Å². The van der Waals surface area contributed by atoms with Crippen LogP contribution in [0.5, 0.6) is 0 Å². The van der Waals surface area contributed by atoms with Crippen LogP contribution < -0.4 is 4.90 Å². The number of rotatable bonds is 3. The molecule has 3 heterocycles. The zero-order valence-corrected chi connectivity index (χ0v) is 16.4. The molecule has 2 saturated heterocycles. The number of carbonyl (C=O) groups is 1. The third-order valence-electron chi connectivity index (χ3n) is 6.18. The van der Waals surface area contributed by atoms with Crippen molar-refractivity contribution < 1.29 is 9.53 Å². The molecule has 6 nitrogen and oxygen atoms in total. The number of nitrogens with zero attached hydrogens (tertiary/aromatic N) is 4. The zero-order valence-electron chi connectivity index (χ0n) is 16.4. The summed E-state index contributed by atoms with van der Waals surface area (Å²) in [6.07, 6.45) is 4.49. The van der Waals surface area contributed by atoms with Crippen LogP contribution in [0.15, 0.2) is 36.5 Å². The van der Waals surface area contributed by atoms with Crippen LogP contribution in [0, 0.1) is 6.92 Å². The molecule has 0 N–H and O–H groups in total. The maximum atomic E-state index is 12.7. The molecule has 0 unspecified atom stereocenters. The maximum absolute atomic E-state index is 12.7. The Labute approximate surface area is 160 Å². The Bertz CT molecular complexity index is 806. The van der Waals surface area contributed by atoms with E-state index in [1.54, 1.807) is 16.9 Å². The van der Waals surface area contributed by atoms with Crippen LogP contribution in [0.3, 0.4) is 0 Å². The molecule has 1 aromatic heterocycles. The summed E-state index contributed by atoms with van der Waals surface area (Å²) in [4.78, 5) is 17.0. The Morgan fingerprint density at radius 3 is 2.56 bits per heavy atom. The van der Waals surface area contributed by atoms with Crippen molar-refractivity contribution in [2.75, 3.05) is 31.6 Å². The maximum Gasteiger partial charge on any atom is 0.272 e. The van der Waals surface area contributed by atoms with E-state index in [2.05, 4.69) is 48.2 Å². The number of aromatic nitrogens is 2. The van der Waals surface area contributed by atoms with Crippen molar-refractivity contribution in [3.05, 3.63) is 47.8 Å². The van der Waals surface area contributed by atoms with Gasteiger partial charge in [0.1, 0.15) is 5.69 Å². The van der Waals surface area contributed by atoms with E-state index in [9.17, 15) is 4.79 Å². The quantitative estimate of drug-likeness (QED) is 0.836. The summed E-state index contributed by atoms with van der Waals surface area (Å²) in [5.41, 5.74) is 3.06. The SMILES string of the molecule is Cc1ccc(N(C)[C@@H]2COC3(CCN(C(=O)c4ccnn4C)CC3)C2)cc1. The minimum absolute atomic E-state index is 0.0659. The predicted molar refractivity (Wildman–Crippen MR) is 105 cm³/mol. The van der Waals surface area contributed by atoms with Crippen LogP contribution in [0.25, 0.3) is 0 Å². The highest BCUT2D eigenvalue weighted by Crippen LogP contribution is 2.38. The number of benzene rings is 1. The fourth-order valence-electron chi connectivity index (χ4n) is 4.27. The fraction of sp³-hybridized carbons (Fsp3) is 0.524. The zero-order chi connectivity index (χ0) is 19.0. The van der Waals surface area contributed by atoms with Crippen LogP contribution >= 0.6 is 0 Å². The Morgan fingerprint density at radius 1 is 1.22 bits per heavy atom. The molecule has 144 valence electrons. The molecule has 6 heteroatoms. The number of anilines is 1. The van der Waals surface area contributed by atoms with Gasteiger partial charge in [0.15, 0.2) is 0 Å². The second kappa shape index (κ2) is 7.00. The highest BCUT2D eigenvalue weighted by molar-refractivity contribution is 5.92. The number of piperidine rings is 1. The normalized spacial score (nSPS) is 21.6. The van der Waals surface area contributed by atoms with Crippen molar-refractivity contribution in [2.45, 2.75) is 37.8 Å². The third-order valence-corrected chi connectivity index (χ3v) is 6.18. The average Bonchev–Trinajstić information content (AvgIpc) is 3.29. The van der Waals surface area contributed by atoms with Gasteiger partial charge in [-0.3, -0.25) is 9.48 Å². The first-order valence-corrected chi connectivity index (χ1v) is 9.68. The molecular weight excluding hydrogens is 340 g/mol. The summed E-state index contributed by atoms with van der Waals surface area (Å²) < 4.78 is 7.95. The Balaban J connectivity index is 1.37. The van der Waals surface area contributed by atoms with E-state index in [4.69, 9.17) is 4.74 Å². The van der Waals surface area contributed by atoms with Gasteiger partial charge in [-0.05, 0) is 44.4 Å². The number of carbonyl (C=O) groups excluding carboxylic acids is 1. The molecule has 1 atom stereocenters. The molecule has 27 heavy (non-hydrogen) atoms. The number of ether oxygens (including phenoxy) is 1. The Kier molecular flexibility index (Phi) is 4.68. The molecule has 2 aliphatic rings. The highest BCUT2D eigenvalue weighted by Gasteiger charge is 2.44. The van der Waals surface area contributed by atoms with Gasteiger partial charge in [0.05, 0.1) is 18.2 Å². The molecule has 2 aliphatic heterocycles. The van der Waals surface area contributed by atoms with Crippen LogP contribution in [-0.2, 0) is 11.8 Å². The van der Waals surface area contributed by atoms with Crippen molar-refractivity contribution in [3.8, 4) is 0 Å². The summed E-state index contributed by atoms with van der Waals surface area (Å²) >= 11 is 0.